The minimum absolute atomic E-state index is 0.330. The zero-order valence-corrected chi connectivity index (χ0v) is 16.8. The number of unbranched alkanes of at least 4 members (excludes halogenated alkanes) is 9. The van der Waals surface area contributed by atoms with Gasteiger partial charge in [-0.3, -0.25) is 0 Å². The number of epoxide rings is 1. The molecule has 1 heterocycles. The van der Waals surface area contributed by atoms with E-state index in [0.717, 1.165) is 12.4 Å². The molecule has 1 fully saturated rings. The van der Waals surface area contributed by atoms with Gasteiger partial charge in [0.25, 0.3) is 0 Å². The summed E-state index contributed by atoms with van der Waals surface area (Å²) in [7, 11) is 0. The summed E-state index contributed by atoms with van der Waals surface area (Å²) < 4.78 is 10.9. The summed E-state index contributed by atoms with van der Waals surface area (Å²) in [5, 5.41) is 0. The van der Waals surface area contributed by atoms with Gasteiger partial charge in [0.15, 0.2) is 0 Å². The van der Waals surface area contributed by atoms with Crippen LogP contribution in [0.4, 0.5) is 0 Å². The summed E-state index contributed by atoms with van der Waals surface area (Å²) in [6.07, 6.45) is 21.0. The minimum Gasteiger partial charge on any atom is -0.491 e. The molecule has 0 bridgehead atoms. The van der Waals surface area contributed by atoms with Crippen LogP contribution >= 0.6 is 0 Å². The molecular weight excluding hydrogens is 320 g/mol. The van der Waals surface area contributed by atoms with Gasteiger partial charge in [-0.05, 0) is 49.8 Å². The first-order valence-corrected chi connectivity index (χ1v) is 10.9. The van der Waals surface area contributed by atoms with E-state index in [9.17, 15) is 0 Å². The Labute approximate surface area is 161 Å². The number of allylic oxidation sites excluding steroid dienone is 2. The summed E-state index contributed by atoms with van der Waals surface area (Å²) in [6, 6.07) is 8.56. The molecular formula is C24H38O2. The first kappa shape index (κ1) is 21.0. The molecule has 0 aliphatic carbocycles. The van der Waals surface area contributed by atoms with Gasteiger partial charge in [0.2, 0.25) is 0 Å². The van der Waals surface area contributed by atoms with Crippen molar-refractivity contribution in [1.82, 2.24) is 0 Å². The molecule has 1 aromatic rings. The Morgan fingerprint density at radius 1 is 0.962 bits per heavy atom. The summed E-state index contributed by atoms with van der Waals surface area (Å²) in [6.45, 7) is 3.79. The van der Waals surface area contributed by atoms with Gasteiger partial charge in [0, 0.05) is 0 Å². The molecule has 0 saturated carbocycles. The Hall–Kier alpha value is -1.28. The third-order valence-corrected chi connectivity index (χ3v) is 4.94. The van der Waals surface area contributed by atoms with E-state index in [-0.39, 0.29) is 0 Å². The number of benzene rings is 1. The molecule has 1 aromatic carbocycles. The highest BCUT2D eigenvalue weighted by Crippen LogP contribution is 2.18. The normalized spacial score (nSPS) is 16.3. The molecule has 0 N–H and O–H groups in total. The predicted molar refractivity (Wildman–Crippen MR) is 111 cm³/mol. The molecule has 1 unspecified atom stereocenters. The summed E-state index contributed by atoms with van der Waals surface area (Å²) in [4.78, 5) is 0. The van der Waals surface area contributed by atoms with Crippen LogP contribution in [0.3, 0.4) is 0 Å². The number of ether oxygens (including phenoxy) is 2. The standard InChI is InChI=1S/C24H38O2/c1-2-3-4-5-6-7-8-9-10-11-12-13-14-16-22-17-15-18-23(19-22)25-20-24-21-26-24/h4-5,15,17-19,24H,2-3,6-14,16,20-21H2,1H3/b5-4+. The first-order valence-electron chi connectivity index (χ1n) is 10.9. The molecule has 2 heteroatoms. The number of aryl methyl sites for hydroxylation is 1. The zero-order chi connectivity index (χ0) is 18.3. The second kappa shape index (κ2) is 13.9. The van der Waals surface area contributed by atoms with Crippen molar-refractivity contribution in [3.63, 3.8) is 0 Å². The highest BCUT2D eigenvalue weighted by molar-refractivity contribution is 5.28. The average molecular weight is 359 g/mol. The van der Waals surface area contributed by atoms with E-state index in [2.05, 4.69) is 37.3 Å². The maximum atomic E-state index is 5.76. The van der Waals surface area contributed by atoms with Crippen LogP contribution in [-0.4, -0.2) is 19.3 Å². The molecule has 1 aliphatic rings. The number of hydrogen-bond acceptors (Lipinski definition) is 2. The highest BCUT2D eigenvalue weighted by atomic mass is 16.6. The fraction of sp³-hybridized carbons (Fsp3) is 0.667. The summed E-state index contributed by atoms with van der Waals surface area (Å²) in [5.41, 5.74) is 1.40. The maximum Gasteiger partial charge on any atom is 0.119 e. The van der Waals surface area contributed by atoms with Crippen LogP contribution in [0.25, 0.3) is 0 Å². The number of hydrogen-bond donors (Lipinski definition) is 0. The Morgan fingerprint density at radius 2 is 1.65 bits per heavy atom. The van der Waals surface area contributed by atoms with E-state index < -0.39 is 0 Å². The van der Waals surface area contributed by atoms with Crippen LogP contribution < -0.4 is 4.74 Å². The second-order valence-corrected chi connectivity index (χ2v) is 7.54. The summed E-state index contributed by atoms with van der Waals surface area (Å²) in [5.74, 6) is 0.988. The van der Waals surface area contributed by atoms with E-state index in [4.69, 9.17) is 9.47 Å². The fourth-order valence-corrected chi connectivity index (χ4v) is 3.20. The Balaban J connectivity index is 1.40. The van der Waals surface area contributed by atoms with Crippen molar-refractivity contribution in [1.29, 1.82) is 0 Å². The quantitative estimate of drug-likeness (QED) is 0.183. The molecule has 2 nitrogen and oxygen atoms in total. The highest BCUT2D eigenvalue weighted by Gasteiger charge is 2.22. The van der Waals surface area contributed by atoms with E-state index in [1.165, 1.54) is 82.6 Å². The second-order valence-electron chi connectivity index (χ2n) is 7.54. The maximum absolute atomic E-state index is 5.76. The topological polar surface area (TPSA) is 21.8 Å². The molecule has 0 spiro atoms. The molecule has 1 saturated heterocycles. The van der Waals surface area contributed by atoms with Gasteiger partial charge in [0.05, 0.1) is 6.61 Å². The van der Waals surface area contributed by atoms with E-state index in [1.54, 1.807) is 0 Å². The third-order valence-electron chi connectivity index (χ3n) is 4.94. The molecule has 1 atom stereocenters. The van der Waals surface area contributed by atoms with E-state index in [1.807, 2.05) is 6.07 Å². The fourth-order valence-electron chi connectivity index (χ4n) is 3.20. The van der Waals surface area contributed by atoms with Crippen molar-refractivity contribution in [3.8, 4) is 5.75 Å². The van der Waals surface area contributed by atoms with Gasteiger partial charge in [-0.25, -0.2) is 0 Å². The van der Waals surface area contributed by atoms with Crippen LogP contribution in [0, 0.1) is 0 Å². The zero-order valence-electron chi connectivity index (χ0n) is 16.8. The van der Waals surface area contributed by atoms with E-state index >= 15 is 0 Å². The van der Waals surface area contributed by atoms with Gasteiger partial charge < -0.3 is 9.47 Å². The van der Waals surface area contributed by atoms with Crippen molar-refractivity contribution in [2.45, 2.75) is 90.1 Å². The third kappa shape index (κ3) is 10.7. The number of rotatable bonds is 16. The lowest BCUT2D eigenvalue weighted by atomic mass is 10.0. The Bertz CT molecular complexity index is 491. The molecule has 0 aromatic heterocycles. The van der Waals surface area contributed by atoms with Crippen molar-refractivity contribution >= 4 is 0 Å². The molecule has 146 valence electrons. The van der Waals surface area contributed by atoms with Crippen molar-refractivity contribution in [3.05, 3.63) is 42.0 Å². The van der Waals surface area contributed by atoms with Crippen LogP contribution in [0.2, 0.25) is 0 Å². The van der Waals surface area contributed by atoms with Crippen LogP contribution in [-0.2, 0) is 11.2 Å². The monoisotopic (exact) mass is 358 g/mol. The molecule has 2 rings (SSSR count). The van der Waals surface area contributed by atoms with Gasteiger partial charge >= 0.3 is 0 Å². The molecule has 0 radical (unpaired) electrons. The lowest BCUT2D eigenvalue weighted by molar-refractivity contribution is 0.263. The van der Waals surface area contributed by atoms with Crippen molar-refractivity contribution < 1.29 is 9.47 Å². The smallest absolute Gasteiger partial charge is 0.119 e. The molecule has 26 heavy (non-hydrogen) atoms. The minimum atomic E-state index is 0.330. The van der Waals surface area contributed by atoms with Crippen molar-refractivity contribution in [2.24, 2.45) is 0 Å². The SMILES string of the molecule is CCC/C=C/CCCCCCCCCCc1cccc(OCC2CO2)c1. The average Bonchev–Trinajstić information content (AvgIpc) is 3.49. The van der Waals surface area contributed by atoms with Gasteiger partial charge in [0.1, 0.15) is 18.5 Å². The lowest BCUT2D eigenvalue weighted by Gasteiger charge is -2.07. The molecule has 1 aliphatic heterocycles. The van der Waals surface area contributed by atoms with Gasteiger partial charge in [-0.15, -0.1) is 0 Å². The summed E-state index contributed by atoms with van der Waals surface area (Å²) >= 11 is 0. The Kier molecular flexibility index (Phi) is 11.2. The van der Waals surface area contributed by atoms with Crippen LogP contribution in [0.1, 0.15) is 83.1 Å². The van der Waals surface area contributed by atoms with E-state index in [0.29, 0.717) is 12.7 Å². The van der Waals surface area contributed by atoms with Crippen LogP contribution in [0.15, 0.2) is 36.4 Å². The van der Waals surface area contributed by atoms with Gasteiger partial charge in [-0.1, -0.05) is 76.2 Å². The molecule has 0 amide bonds. The van der Waals surface area contributed by atoms with Gasteiger partial charge in [-0.2, -0.15) is 0 Å². The lowest BCUT2D eigenvalue weighted by Crippen LogP contribution is -2.04. The largest absolute Gasteiger partial charge is 0.491 e. The first-order chi connectivity index (χ1) is 12.9. The van der Waals surface area contributed by atoms with Crippen molar-refractivity contribution in [2.75, 3.05) is 13.2 Å². The Morgan fingerprint density at radius 3 is 2.38 bits per heavy atom. The predicted octanol–water partition coefficient (Wildman–Crippen LogP) is 6.87. The van der Waals surface area contributed by atoms with Crippen LogP contribution in [0.5, 0.6) is 5.75 Å².